The van der Waals surface area contributed by atoms with Crippen molar-refractivity contribution in [3.63, 3.8) is 0 Å². The molecule has 0 aliphatic rings. The summed E-state index contributed by atoms with van der Waals surface area (Å²) in [7, 11) is 0.720. The molecule has 0 bridgehead atoms. The van der Waals surface area contributed by atoms with Crippen LogP contribution in [0.25, 0.3) is 0 Å². The van der Waals surface area contributed by atoms with Crippen molar-refractivity contribution in [1.29, 1.82) is 0 Å². The van der Waals surface area contributed by atoms with E-state index >= 15 is 0 Å². The third-order valence-electron chi connectivity index (χ3n) is 3.89. The second-order valence-electron chi connectivity index (χ2n) is 5.58. The Kier molecular flexibility index (Phi) is 7.32. The summed E-state index contributed by atoms with van der Waals surface area (Å²) in [5, 5.41) is 0. The minimum absolute atomic E-state index is 0.0358. The molecular formula is C19H25NO6S. The Morgan fingerprint density at radius 1 is 0.889 bits per heavy atom. The molecule has 148 valence electrons. The van der Waals surface area contributed by atoms with Gasteiger partial charge in [0.1, 0.15) is 16.4 Å². The maximum atomic E-state index is 12.6. The molecule has 0 saturated carbocycles. The monoisotopic (exact) mass is 395 g/mol. The van der Waals surface area contributed by atoms with E-state index in [0.29, 0.717) is 30.3 Å². The van der Waals surface area contributed by atoms with Gasteiger partial charge in [-0.05, 0) is 43.2 Å². The van der Waals surface area contributed by atoms with E-state index in [2.05, 4.69) is 4.72 Å². The van der Waals surface area contributed by atoms with Gasteiger partial charge in [-0.25, -0.2) is 13.1 Å². The van der Waals surface area contributed by atoms with Gasteiger partial charge in [-0.3, -0.25) is 0 Å². The third-order valence-corrected chi connectivity index (χ3v) is 5.38. The molecule has 0 aliphatic carbocycles. The van der Waals surface area contributed by atoms with Crippen LogP contribution in [-0.4, -0.2) is 42.9 Å². The Hall–Kier alpha value is -2.45. The standard InChI is InChI=1S/C19H25NO6S/c1-5-26-16-8-6-14(12-18(16)25-4)10-11-20-27(21,22)19-13-15(23-2)7-9-17(19)24-3/h6-9,12-13,20H,5,10-11H2,1-4H3. The lowest BCUT2D eigenvalue weighted by Crippen LogP contribution is -2.26. The predicted molar refractivity (Wildman–Crippen MR) is 103 cm³/mol. The highest BCUT2D eigenvalue weighted by Gasteiger charge is 2.20. The van der Waals surface area contributed by atoms with Crippen molar-refractivity contribution in [2.45, 2.75) is 18.2 Å². The Morgan fingerprint density at radius 2 is 1.59 bits per heavy atom. The van der Waals surface area contributed by atoms with Crippen LogP contribution in [-0.2, 0) is 16.4 Å². The fraction of sp³-hybridized carbons (Fsp3) is 0.368. The molecule has 7 nitrogen and oxygen atoms in total. The molecule has 0 spiro atoms. The zero-order valence-electron chi connectivity index (χ0n) is 15.9. The zero-order valence-corrected chi connectivity index (χ0v) is 16.8. The van der Waals surface area contributed by atoms with E-state index in [1.54, 1.807) is 19.2 Å². The summed E-state index contributed by atoms with van der Waals surface area (Å²) in [6, 6.07) is 10.2. The van der Waals surface area contributed by atoms with Gasteiger partial charge in [0.05, 0.1) is 27.9 Å². The number of sulfonamides is 1. The number of nitrogens with one attached hydrogen (secondary N) is 1. The Bertz CT molecular complexity index is 866. The molecular weight excluding hydrogens is 370 g/mol. The molecule has 8 heteroatoms. The van der Waals surface area contributed by atoms with E-state index < -0.39 is 10.0 Å². The van der Waals surface area contributed by atoms with E-state index in [1.807, 2.05) is 25.1 Å². The normalized spacial score (nSPS) is 11.1. The fourth-order valence-electron chi connectivity index (χ4n) is 2.54. The van der Waals surface area contributed by atoms with Crippen molar-refractivity contribution >= 4 is 10.0 Å². The summed E-state index contributed by atoms with van der Waals surface area (Å²) in [5.41, 5.74) is 0.926. The minimum atomic E-state index is -3.75. The maximum absolute atomic E-state index is 12.6. The van der Waals surface area contributed by atoms with Crippen LogP contribution in [0.3, 0.4) is 0 Å². The van der Waals surface area contributed by atoms with E-state index in [-0.39, 0.29) is 17.2 Å². The van der Waals surface area contributed by atoms with Crippen molar-refractivity contribution < 1.29 is 27.4 Å². The molecule has 1 N–H and O–H groups in total. The van der Waals surface area contributed by atoms with Gasteiger partial charge in [-0.2, -0.15) is 0 Å². The molecule has 0 saturated heterocycles. The summed E-state index contributed by atoms with van der Waals surface area (Å²) < 4.78 is 48.9. The second kappa shape index (κ2) is 9.48. The summed E-state index contributed by atoms with van der Waals surface area (Å²) in [6.07, 6.45) is 0.494. The first-order valence-corrected chi connectivity index (χ1v) is 9.94. The molecule has 0 amide bonds. The molecule has 27 heavy (non-hydrogen) atoms. The number of hydrogen-bond acceptors (Lipinski definition) is 6. The van der Waals surface area contributed by atoms with Crippen LogP contribution >= 0.6 is 0 Å². The minimum Gasteiger partial charge on any atom is -0.497 e. The van der Waals surface area contributed by atoms with E-state index in [9.17, 15) is 8.42 Å². The van der Waals surface area contributed by atoms with Gasteiger partial charge in [-0.15, -0.1) is 0 Å². The number of hydrogen-bond donors (Lipinski definition) is 1. The highest BCUT2D eigenvalue weighted by atomic mass is 32.2. The Morgan fingerprint density at radius 3 is 2.22 bits per heavy atom. The Labute approximate surface area is 160 Å². The lowest BCUT2D eigenvalue weighted by Gasteiger charge is -2.13. The second-order valence-corrected chi connectivity index (χ2v) is 7.32. The quantitative estimate of drug-likeness (QED) is 0.666. The molecule has 0 aliphatic heterocycles. The summed E-state index contributed by atoms with van der Waals surface area (Å²) in [5.74, 6) is 1.97. The van der Waals surface area contributed by atoms with Crippen LogP contribution in [0, 0.1) is 0 Å². The van der Waals surface area contributed by atoms with Crippen LogP contribution in [0.4, 0.5) is 0 Å². The van der Waals surface area contributed by atoms with Gasteiger partial charge in [0.25, 0.3) is 0 Å². The van der Waals surface area contributed by atoms with E-state index in [1.165, 1.54) is 20.3 Å². The van der Waals surface area contributed by atoms with Crippen LogP contribution in [0.2, 0.25) is 0 Å². The SMILES string of the molecule is CCOc1ccc(CCNS(=O)(=O)c2cc(OC)ccc2OC)cc1OC. The summed E-state index contributed by atoms with van der Waals surface area (Å²) in [6.45, 7) is 2.66. The van der Waals surface area contributed by atoms with Gasteiger partial charge in [0.15, 0.2) is 11.5 Å². The van der Waals surface area contributed by atoms with Gasteiger partial charge >= 0.3 is 0 Å². The van der Waals surface area contributed by atoms with E-state index in [0.717, 1.165) is 5.56 Å². The Balaban J connectivity index is 2.10. The molecule has 2 aromatic rings. The van der Waals surface area contributed by atoms with Crippen molar-refractivity contribution in [2.75, 3.05) is 34.5 Å². The van der Waals surface area contributed by atoms with Gasteiger partial charge < -0.3 is 18.9 Å². The van der Waals surface area contributed by atoms with E-state index in [4.69, 9.17) is 18.9 Å². The average Bonchev–Trinajstić information content (AvgIpc) is 2.68. The number of ether oxygens (including phenoxy) is 4. The molecule has 2 rings (SSSR count). The smallest absolute Gasteiger partial charge is 0.244 e. The molecule has 0 aromatic heterocycles. The predicted octanol–water partition coefficient (Wildman–Crippen LogP) is 2.63. The highest BCUT2D eigenvalue weighted by molar-refractivity contribution is 7.89. The van der Waals surface area contributed by atoms with Gasteiger partial charge in [0.2, 0.25) is 10.0 Å². The highest BCUT2D eigenvalue weighted by Crippen LogP contribution is 2.29. The average molecular weight is 395 g/mol. The molecule has 0 atom stereocenters. The molecule has 0 radical (unpaired) electrons. The van der Waals surface area contributed by atoms with Crippen LogP contribution in [0.15, 0.2) is 41.3 Å². The largest absolute Gasteiger partial charge is 0.497 e. The van der Waals surface area contributed by atoms with Crippen LogP contribution in [0.1, 0.15) is 12.5 Å². The topological polar surface area (TPSA) is 83.1 Å². The van der Waals surface area contributed by atoms with Crippen LogP contribution in [0.5, 0.6) is 23.0 Å². The molecule has 0 fully saturated rings. The number of rotatable bonds is 10. The fourth-order valence-corrected chi connectivity index (χ4v) is 3.76. The first kappa shape index (κ1) is 20.9. The van der Waals surface area contributed by atoms with Crippen molar-refractivity contribution in [3.05, 3.63) is 42.0 Å². The van der Waals surface area contributed by atoms with Crippen molar-refractivity contribution in [3.8, 4) is 23.0 Å². The first-order valence-electron chi connectivity index (χ1n) is 8.46. The first-order chi connectivity index (χ1) is 12.9. The lowest BCUT2D eigenvalue weighted by atomic mass is 10.1. The van der Waals surface area contributed by atoms with Crippen LogP contribution < -0.4 is 23.7 Å². The summed E-state index contributed by atoms with van der Waals surface area (Å²) in [4.78, 5) is 0.0358. The zero-order chi connectivity index (χ0) is 19.9. The number of benzene rings is 2. The lowest BCUT2D eigenvalue weighted by molar-refractivity contribution is 0.310. The molecule has 2 aromatic carbocycles. The van der Waals surface area contributed by atoms with Crippen molar-refractivity contribution in [1.82, 2.24) is 4.72 Å². The van der Waals surface area contributed by atoms with Crippen molar-refractivity contribution in [2.24, 2.45) is 0 Å². The maximum Gasteiger partial charge on any atom is 0.244 e. The van der Waals surface area contributed by atoms with Gasteiger partial charge in [0, 0.05) is 12.6 Å². The third kappa shape index (κ3) is 5.27. The number of methoxy groups -OCH3 is 3. The van der Waals surface area contributed by atoms with Gasteiger partial charge in [-0.1, -0.05) is 6.07 Å². The summed E-state index contributed by atoms with van der Waals surface area (Å²) >= 11 is 0. The molecule has 0 unspecified atom stereocenters. The molecule has 0 heterocycles.